The highest BCUT2D eigenvalue weighted by Crippen LogP contribution is 2.35. The molecule has 0 radical (unpaired) electrons. The Balaban J connectivity index is 0.00000300. The van der Waals surface area contributed by atoms with Crippen molar-refractivity contribution in [2.45, 2.75) is 26.2 Å². The maximum absolute atomic E-state index is 5.74. The molecule has 7 nitrogen and oxygen atoms in total. The van der Waals surface area contributed by atoms with Gasteiger partial charge in [-0.3, -0.25) is 9.89 Å². The second kappa shape index (κ2) is 11.8. The topological polar surface area (TPSA) is 67.4 Å². The molecule has 164 valence electrons. The van der Waals surface area contributed by atoms with Crippen LogP contribution in [0.4, 0.5) is 0 Å². The zero-order valence-electron chi connectivity index (χ0n) is 17.8. The fraction of sp³-hybridized carbons (Fsp3) is 0.667. The Kier molecular flexibility index (Phi) is 9.78. The average molecular weight is 518 g/mol. The molecule has 0 saturated carbocycles. The minimum Gasteiger partial charge on any atom is -0.486 e. The third-order valence-corrected chi connectivity index (χ3v) is 5.12. The normalized spacial score (nSPS) is 17.4. The van der Waals surface area contributed by atoms with E-state index in [0.29, 0.717) is 19.8 Å². The van der Waals surface area contributed by atoms with Gasteiger partial charge in [0, 0.05) is 38.1 Å². The molecule has 2 heterocycles. The van der Waals surface area contributed by atoms with Crippen LogP contribution >= 0.6 is 24.0 Å². The predicted molar refractivity (Wildman–Crippen MR) is 127 cm³/mol. The van der Waals surface area contributed by atoms with Crippen LogP contribution in [0.3, 0.4) is 0 Å². The molecule has 0 aliphatic carbocycles. The third kappa shape index (κ3) is 7.18. The van der Waals surface area contributed by atoms with Crippen molar-refractivity contribution in [3.05, 3.63) is 23.8 Å². The fourth-order valence-electron chi connectivity index (χ4n) is 3.33. The number of ether oxygens (including phenoxy) is 3. The van der Waals surface area contributed by atoms with Crippen molar-refractivity contribution in [1.82, 2.24) is 15.5 Å². The molecule has 1 aromatic rings. The molecular formula is C21H35IN4O3. The number of morpholine rings is 1. The lowest BCUT2D eigenvalue weighted by molar-refractivity contribution is 0.0389. The maximum atomic E-state index is 5.74. The summed E-state index contributed by atoms with van der Waals surface area (Å²) >= 11 is 0. The van der Waals surface area contributed by atoms with E-state index in [1.165, 1.54) is 5.56 Å². The van der Waals surface area contributed by atoms with E-state index in [4.69, 9.17) is 19.2 Å². The molecule has 0 atom stereocenters. The van der Waals surface area contributed by atoms with Gasteiger partial charge in [0.05, 0.1) is 19.8 Å². The van der Waals surface area contributed by atoms with Gasteiger partial charge in [-0.25, -0.2) is 0 Å². The highest BCUT2D eigenvalue weighted by molar-refractivity contribution is 14.0. The van der Waals surface area contributed by atoms with E-state index in [2.05, 4.69) is 48.4 Å². The second-order valence-corrected chi connectivity index (χ2v) is 7.82. The van der Waals surface area contributed by atoms with Crippen molar-refractivity contribution < 1.29 is 14.2 Å². The first-order valence-electron chi connectivity index (χ1n) is 10.3. The molecule has 0 aromatic heterocycles. The summed E-state index contributed by atoms with van der Waals surface area (Å²) in [6.07, 6.45) is 0. The number of hydrogen-bond acceptors (Lipinski definition) is 5. The molecule has 0 amide bonds. The fourth-order valence-corrected chi connectivity index (χ4v) is 3.33. The van der Waals surface area contributed by atoms with Crippen molar-refractivity contribution in [2.75, 3.05) is 65.7 Å². The van der Waals surface area contributed by atoms with Crippen molar-refractivity contribution in [1.29, 1.82) is 0 Å². The van der Waals surface area contributed by atoms with Crippen molar-refractivity contribution in [3.63, 3.8) is 0 Å². The lowest BCUT2D eigenvalue weighted by Gasteiger charge is -2.27. The van der Waals surface area contributed by atoms with Crippen LogP contribution in [-0.2, 0) is 10.2 Å². The lowest BCUT2D eigenvalue weighted by Crippen LogP contribution is -2.44. The van der Waals surface area contributed by atoms with E-state index >= 15 is 0 Å². The Hall–Kier alpha value is -1.26. The van der Waals surface area contributed by atoms with Crippen LogP contribution in [0.15, 0.2) is 23.2 Å². The van der Waals surface area contributed by atoms with E-state index in [0.717, 1.165) is 63.4 Å². The van der Waals surface area contributed by atoms with Gasteiger partial charge >= 0.3 is 0 Å². The first kappa shape index (κ1) is 24.0. The molecule has 2 aliphatic heterocycles. The zero-order valence-corrected chi connectivity index (χ0v) is 20.2. The highest BCUT2D eigenvalue weighted by atomic mass is 127. The highest BCUT2D eigenvalue weighted by Gasteiger charge is 2.23. The molecule has 2 N–H and O–H groups in total. The summed E-state index contributed by atoms with van der Waals surface area (Å²) in [6.45, 7) is 14.8. The van der Waals surface area contributed by atoms with Crippen molar-refractivity contribution >= 4 is 29.9 Å². The lowest BCUT2D eigenvalue weighted by atomic mass is 9.84. The molecule has 0 spiro atoms. The minimum atomic E-state index is -0.109. The number of rotatable bonds is 7. The summed E-state index contributed by atoms with van der Waals surface area (Å²) in [4.78, 5) is 7.25. The van der Waals surface area contributed by atoms with Gasteiger partial charge in [-0.05, 0) is 24.6 Å². The van der Waals surface area contributed by atoms with Gasteiger partial charge in [0.2, 0.25) is 0 Å². The van der Waals surface area contributed by atoms with Gasteiger partial charge < -0.3 is 24.8 Å². The SMILES string of the molecule is CCNC(=NCC(C)(C)c1ccc2c(c1)OCCO2)NCCN1CCOCC1.I. The van der Waals surface area contributed by atoms with Crippen LogP contribution in [0.25, 0.3) is 0 Å². The van der Waals surface area contributed by atoms with E-state index in [1.807, 2.05) is 6.07 Å². The number of fused-ring (bicyclic) bond motifs is 1. The van der Waals surface area contributed by atoms with Gasteiger partial charge in [0.25, 0.3) is 0 Å². The number of benzene rings is 1. The summed E-state index contributed by atoms with van der Waals surface area (Å²) in [5.41, 5.74) is 1.09. The zero-order chi connectivity index (χ0) is 19.8. The van der Waals surface area contributed by atoms with Crippen LogP contribution in [0.2, 0.25) is 0 Å². The number of hydrogen-bond donors (Lipinski definition) is 2. The Morgan fingerprint density at radius 1 is 1.07 bits per heavy atom. The first-order chi connectivity index (χ1) is 13.6. The van der Waals surface area contributed by atoms with Crippen LogP contribution in [0.5, 0.6) is 11.5 Å². The van der Waals surface area contributed by atoms with Gasteiger partial charge in [0.15, 0.2) is 17.5 Å². The molecule has 29 heavy (non-hydrogen) atoms. The van der Waals surface area contributed by atoms with Gasteiger partial charge in [0.1, 0.15) is 13.2 Å². The molecule has 0 bridgehead atoms. The number of guanidine groups is 1. The number of halogens is 1. The van der Waals surface area contributed by atoms with Crippen LogP contribution in [0, 0.1) is 0 Å². The molecule has 1 aromatic carbocycles. The van der Waals surface area contributed by atoms with Gasteiger partial charge in [-0.1, -0.05) is 19.9 Å². The molecule has 8 heteroatoms. The largest absolute Gasteiger partial charge is 0.486 e. The predicted octanol–water partition coefficient (Wildman–Crippen LogP) is 2.24. The molecule has 3 rings (SSSR count). The van der Waals surface area contributed by atoms with Crippen molar-refractivity contribution in [2.24, 2.45) is 4.99 Å². The van der Waals surface area contributed by atoms with Crippen LogP contribution < -0.4 is 20.1 Å². The molecule has 1 fully saturated rings. The summed E-state index contributed by atoms with van der Waals surface area (Å²) in [5, 5.41) is 6.80. The summed E-state index contributed by atoms with van der Waals surface area (Å²) in [5.74, 6) is 2.52. The van der Waals surface area contributed by atoms with E-state index in [-0.39, 0.29) is 29.4 Å². The first-order valence-corrected chi connectivity index (χ1v) is 10.3. The Morgan fingerprint density at radius 3 is 2.52 bits per heavy atom. The summed E-state index contributed by atoms with van der Waals surface area (Å²) in [7, 11) is 0. The Morgan fingerprint density at radius 2 is 1.79 bits per heavy atom. The van der Waals surface area contributed by atoms with E-state index in [1.54, 1.807) is 0 Å². The third-order valence-electron chi connectivity index (χ3n) is 5.12. The monoisotopic (exact) mass is 518 g/mol. The van der Waals surface area contributed by atoms with Crippen LogP contribution in [-0.4, -0.2) is 76.6 Å². The molecule has 2 aliphatic rings. The number of aliphatic imine (C=N–C) groups is 1. The van der Waals surface area contributed by atoms with E-state index in [9.17, 15) is 0 Å². The average Bonchev–Trinajstić information content (AvgIpc) is 2.72. The number of nitrogens with one attached hydrogen (secondary N) is 2. The second-order valence-electron chi connectivity index (χ2n) is 7.82. The maximum Gasteiger partial charge on any atom is 0.191 e. The van der Waals surface area contributed by atoms with Gasteiger partial charge in [-0.2, -0.15) is 0 Å². The quantitative estimate of drug-likeness (QED) is 0.328. The van der Waals surface area contributed by atoms with Crippen LogP contribution in [0.1, 0.15) is 26.3 Å². The Bertz CT molecular complexity index is 663. The minimum absolute atomic E-state index is 0. The van der Waals surface area contributed by atoms with Crippen molar-refractivity contribution in [3.8, 4) is 11.5 Å². The summed E-state index contributed by atoms with van der Waals surface area (Å²) in [6, 6.07) is 6.20. The summed E-state index contributed by atoms with van der Waals surface area (Å²) < 4.78 is 16.8. The smallest absolute Gasteiger partial charge is 0.191 e. The molecule has 1 saturated heterocycles. The Labute approximate surface area is 191 Å². The number of nitrogens with zero attached hydrogens (tertiary/aromatic N) is 2. The standard InChI is InChI=1S/C21H34N4O3.HI/c1-4-22-20(23-7-8-25-9-11-26-12-10-25)24-16-21(2,3)17-5-6-18-19(15-17)28-14-13-27-18;/h5-6,15H,4,7-14,16H2,1-3H3,(H2,22,23,24);1H. The molecule has 0 unspecified atom stereocenters. The van der Waals surface area contributed by atoms with E-state index < -0.39 is 0 Å². The molecular weight excluding hydrogens is 483 g/mol. The van der Waals surface area contributed by atoms with Gasteiger partial charge in [-0.15, -0.1) is 24.0 Å².